The van der Waals surface area contributed by atoms with Crippen molar-refractivity contribution in [2.24, 2.45) is 0 Å². The van der Waals surface area contributed by atoms with Crippen LogP contribution in [0.1, 0.15) is 27.3 Å². The fourth-order valence-corrected chi connectivity index (χ4v) is 5.81. The highest BCUT2D eigenvalue weighted by Crippen LogP contribution is 2.31. The summed E-state index contributed by atoms with van der Waals surface area (Å²) >= 11 is 3.02. The summed E-state index contributed by atoms with van der Waals surface area (Å²) in [6.07, 6.45) is 5.63. The zero-order chi connectivity index (χ0) is 22.2. The van der Waals surface area contributed by atoms with E-state index >= 15 is 0 Å². The first kappa shape index (κ1) is 20.5. The summed E-state index contributed by atoms with van der Waals surface area (Å²) in [6.45, 7) is 4.34. The lowest BCUT2D eigenvalue weighted by Gasteiger charge is -2.12. The van der Waals surface area contributed by atoms with Crippen LogP contribution in [0.25, 0.3) is 15.7 Å². The van der Waals surface area contributed by atoms with Crippen LogP contribution < -0.4 is 5.56 Å². The average Bonchev–Trinajstić information content (AvgIpc) is 3.31. The molecule has 0 N–H and O–H groups in total. The third-order valence-corrected chi connectivity index (χ3v) is 7.66. The average molecular weight is 458 g/mol. The standard InChI is InChI=1S/C24H19N5OS2/c1-15-16(2)32-22-21(15)23(30)29(13-18-7-3-5-9-26-18)24(27-22)31-14-17-12-28-10-6-4-8-20(28)19(17)11-25/h3-10,12H,13-14H2,1-2H3. The molecule has 0 amide bonds. The maximum atomic E-state index is 13.5. The summed E-state index contributed by atoms with van der Waals surface area (Å²) in [5.41, 5.74) is 4.19. The predicted molar refractivity (Wildman–Crippen MR) is 128 cm³/mol. The molecular formula is C24H19N5OS2. The maximum Gasteiger partial charge on any atom is 0.263 e. The van der Waals surface area contributed by atoms with Crippen molar-refractivity contribution in [2.45, 2.75) is 31.3 Å². The number of thiophene rings is 1. The van der Waals surface area contributed by atoms with Gasteiger partial charge in [-0.2, -0.15) is 5.26 Å². The van der Waals surface area contributed by atoms with Gasteiger partial charge in [-0.1, -0.05) is 23.9 Å². The van der Waals surface area contributed by atoms with E-state index in [-0.39, 0.29) is 5.56 Å². The van der Waals surface area contributed by atoms with Gasteiger partial charge in [0.15, 0.2) is 5.16 Å². The van der Waals surface area contributed by atoms with E-state index in [0.29, 0.717) is 28.4 Å². The Hall–Kier alpha value is -3.41. The summed E-state index contributed by atoms with van der Waals surface area (Å²) in [5.74, 6) is 0.536. The molecule has 32 heavy (non-hydrogen) atoms. The van der Waals surface area contributed by atoms with Crippen LogP contribution in [0.15, 0.2) is 64.9 Å². The lowest BCUT2D eigenvalue weighted by Crippen LogP contribution is -2.24. The zero-order valence-corrected chi connectivity index (χ0v) is 19.2. The van der Waals surface area contributed by atoms with Crippen LogP contribution in [-0.4, -0.2) is 18.9 Å². The van der Waals surface area contributed by atoms with E-state index < -0.39 is 0 Å². The van der Waals surface area contributed by atoms with E-state index in [1.54, 1.807) is 22.1 Å². The molecule has 0 aliphatic rings. The second-order valence-corrected chi connectivity index (χ2v) is 9.64. The van der Waals surface area contributed by atoms with Gasteiger partial charge in [-0.25, -0.2) is 4.98 Å². The Kier molecular flexibility index (Phi) is 5.29. The van der Waals surface area contributed by atoms with Crippen molar-refractivity contribution in [3.63, 3.8) is 0 Å². The van der Waals surface area contributed by atoms with Gasteiger partial charge in [-0.05, 0) is 49.2 Å². The maximum absolute atomic E-state index is 13.5. The summed E-state index contributed by atoms with van der Waals surface area (Å²) < 4.78 is 3.66. The largest absolute Gasteiger partial charge is 0.322 e. The Bertz CT molecular complexity index is 1560. The first-order valence-electron chi connectivity index (χ1n) is 10.1. The molecule has 158 valence electrons. The lowest BCUT2D eigenvalue weighted by atomic mass is 10.2. The molecule has 0 fully saturated rings. The van der Waals surface area contributed by atoms with Gasteiger partial charge in [0, 0.05) is 29.2 Å². The van der Waals surface area contributed by atoms with Crippen molar-refractivity contribution in [1.82, 2.24) is 18.9 Å². The minimum atomic E-state index is -0.0486. The Morgan fingerprint density at radius 3 is 2.81 bits per heavy atom. The Morgan fingerprint density at radius 1 is 1.19 bits per heavy atom. The number of rotatable bonds is 5. The normalized spacial score (nSPS) is 11.3. The van der Waals surface area contributed by atoms with Gasteiger partial charge in [0.1, 0.15) is 10.9 Å². The number of nitriles is 1. The predicted octanol–water partition coefficient (Wildman–Crippen LogP) is 4.93. The molecule has 0 saturated heterocycles. The van der Waals surface area contributed by atoms with Gasteiger partial charge in [0.2, 0.25) is 0 Å². The van der Waals surface area contributed by atoms with Crippen molar-refractivity contribution in [3.8, 4) is 6.07 Å². The molecule has 0 spiro atoms. The van der Waals surface area contributed by atoms with Gasteiger partial charge >= 0.3 is 0 Å². The van der Waals surface area contributed by atoms with Gasteiger partial charge in [-0.15, -0.1) is 11.3 Å². The van der Waals surface area contributed by atoms with Gasteiger partial charge in [-0.3, -0.25) is 14.3 Å². The van der Waals surface area contributed by atoms with Crippen molar-refractivity contribution in [3.05, 3.63) is 92.6 Å². The molecule has 0 aromatic carbocycles. The molecule has 0 aliphatic heterocycles. The molecule has 0 saturated carbocycles. The fourth-order valence-electron chi connectivity index (χ4n) is 3.77. The topological polar surface area (TPSA) is 76.0 Å². The minimum absolute atomic E-state index is 0.0486. The van der Waals surface area contributed by atoms with Crippen molar-refractivity contribution in [1.29, 1.82) is 5.26 Å². The third-order valence-electron chi connectivity index (χ3n) is 5.53. The van der Waals surface area contributed by atoms with Crippen molar-refractivity contribution < 1.29 is 0 Å². The molecule has 5 aromatic heterocycles. The number of aromatic nitrogens is 4. The third kappa shape index (κ3) is 3.49. The highest BCUT2D eigenvalue weighted by Gasteiger charge is 2.18. The first-order valence-corrected chi connectivity index (χ1v) is 11.9. The van der Waals surface area contributed by atoms with Gasteiger partial charge in [0.05, 0.1) is 28.7 Å². The van der Waals surface area contributed by atoms with Gasteiger partial charge < -0.3 is 4.40 Å². The zero-order valence-electron chi connectivity index (χ0n) is 17.6. The highest BCUT2D eigenvalue weighted by atomic mass is 32.2. The van der Waals surface area contributed by atoms with Crippen LogP contribution >= 0.6 is 23.1 Å². The molecule has 0 atom stereocenters. The number of hydrogen-bond acceptors (Lipinski definition) is 6. The number of hydrogen-bond donors (Lipinski definition) is 0. The van der Waals surface area contributed by atoms with Crippen LogP contribution in [0, 0.1) is 25.2 Å². The van der Waals surface area contributed by atoms with E-state index in [9.17, 15) is 10.1 Å². The molecule has 5 aromatic rings. The van der Waals surface area contributed by atoms with E-state index in [4.69, 9.17) is 4.98 Å². The van der Waals surface area contributed by atoms with Crippen molar-refractivity contribution in [2.75, 3.05) is 0 Å². The molecule has 6 nitrogen and oxygen atoms in total. The summed E-state index contributed by atoms with van der Waals surface area (Å²) in [5, 5.41) is 11.0. The number of thioether (sulfide) groups is 1. The number of fused-ring (bicyclic) bond motifs is 2. The Labute approximate surface area is 192 Å². The quantitative estimate of drug-likeness (QED) is 0.276. The second kappa shape index (κ2) is 8.26. The smallest absolute Gasteiger partial charge is 0.263 e. The van der Waals surface area contributed by atoms with E-state index in [1.807, 2.05) is 67.0 Å². The molecule has 5 rings (SSSR count). The molecule has 0 bridgehead atoms. The van der Waals surface area contributed by atoms with Crippen molar-refractivity contribution >= 4 is 38.8 Å². The van der Waals surface area contributed by atoms with Crippen LogP contribution in [0.3, 0.4) is 0 Å². The molecule has 5 heterocycles. The van der Waals surface area contributed by atoms with Crippen LogP contribution in [-0.2, 0) is 12.3 Å². The highest BCUT2D eigenvalue weighted by molar-refractivity contribution is 7.98. The van der Waals surface area contributed by atoms with E-state index in [1.165, 1.54) is 11.8 Å². The second-order valence-electron chi connectivity index (χ2n) is 7.49. The van der Waals surface area contributed by atoms with Gasteiger partial charge in [0.25, 0.3) is 5.56 Å². The van der Waals surface area contributed by atoms with E-state index in [2.05, 4.69) is 11.1 Å². The monoisotopic (exact) mass is 457 g/mol. The Balaban J connectivity index is 1.59. The number of aryl methyl sites for hydroxylation is 2. The molecular weight excluding hydrogens is 438 g/mol. The summed E-state index contributed by atoms with van der Waals surface area (Å²) in [7, 11) is 0. The van der Waals surface area contributed by atoms with Crippen LogP contribution in [0.4, 0.5) is 0 Å². The SMILES string of the molecule is Cc1sc2nc(SCc3cn4ccccc4c3C#N)n(Cc3ccccn3)c(=O)c2c1C. The molecule has 0 radical (unpaired) electrons. The first-order chi connectivity index (χ1) is 15.6. The molecule has 8 heteroatoms. The fraction of sp³-hybridized carbons (Fsp3) is 0.167. The summed E-state index contributed by atoms with van der Waals surface area (Å²) in [6, 6.07) is 13.8. The minimum Gasteiger partial charge on any atom is -0.322 e. The van der Waals surface area contributed by atoms with Crippen LogP contribution in [0.2, 0.25) is 0 Å². The Morgan fingerprint density at radius 2 is 2.03 bits per heavy atom. The molecule has 0 aliphatic carbocycles. The number of pyridine rings is 2. The lowest BCUT2D eigenvalue weighted by molar-refractivity contribution is 0.647. The summed E-state index contributed by atoms with van der Waals surface area (Å²) in [4.78, 5) is 24.6. The molecule has 0 unspecified atom stereocenters. The van der Waals surface area contributed by atoms with Crippen LogP contribution in [0.5, 0.6) is 0 Å². The number of nitrogens with zero attached hydrogens (tertiary/aromatic N) is 5. The van der Waals surface area contributed by atoms with E-state index in [0.717, 1.165) is 32.0 Å².